The van der Waals surface area contributed by atoms with Gasteiger partial charge in [0.15, 0.2) is 11.5 Å². The number of ether oxygens (including phenoxy) is 2. The van der Waals surface area contributed by atoms with Crippen LogP contribution in [0.2, 0.25) is 0 Å². The van der Waals surface area contributed by atoms with Crippen molar-refractivity contribution in [2.75, 3.05) is 6.79 Å². The third-order valence-electron chi connectivity index (χ3n) is 4.10. The molecule has 116 valence electrons. The van der Waals surface area contributed by atoms with E-state index in [0.717, 1.165) is 29.0 Å². The van der Waals surface area contributed by atoms with Crippen molar-refractivity contribution < 1.29 is 9.47 Å². The minimum atomic E-state index is -0.0191. The molecule has 0 fully saturated rings. The molecule has 1 aliphatic rings. The summed E-state index contributed by atoms with van der Waals surface area (Å²) < 4.78 is 10.8. The average Bonchev–Trinajstić information content (AvgIpc) is 2.94. The zero-order chi connectivity index (χ0) is 15.7. The summed E-state index contributed by atoms with van der Waals surface area (Å²) in [7, 11) is 0. The summed E-state index contributed by atoms with van der Waals surface area (Å²) in [6.07, 6.45) is 0.783. The van der Waals surface area contributed by atoms with Gasteiger partial charge in [-0.2, -0.15) is 0 Å². The second-order valence-corrected chi connectivity index (χ2v) is 6.87. The maximum atomic E-state index is 6.36. The summed E-state index contributed by atoms with van der Waals surface area (Å²) in [6.45, 7) is 6.96. The van der Waals surface area contributed by atoms with E-state index in [4.69, 9.17) is 15.2 Å². The van der Waals surface area contributed by atoms with Crippen LogP contribution in [0.15, 0.2) is 42.5 Å². The molecule has 0 aromatic heterocycles. The SMILES string of the molecule is CC(C)(C)c1ccc(C(N)Cc2ccc3c(c2)OCO3)cc1. The normalized spacial score (nSPS) is 14.9. The Morgan fingerprint density at radius 2 is 1.68 bits per heavy atom. The molecule has 2 aromatic rings. The van der Waals surface area contributed by atoms with E-state index in [1.807, 2.05) is 12.1 Å². The Morgan fingerprint density at radius 1 is 1.00 bits per heavy atom. The van der Waals surface area contributed by atoms with E-state index >= 15 is 0 Å². The maximum absolute atomic E-state index is 6.36. The fourth-order valence-electron chi connectivity index (χ4n) is 2.67. The average molecular weight is 297 g/mol. The van der Waals surface area contributed by atoms with Gasteiger partial charge in [0, 0.05) is 6.04 Å². The Hall–Kier alpha value is -2.00. The van der Waals surface area contributed by atoms with Crippen LogP contribution in [0.5, 0.6) is 11.5 Å². The molecule has 3 nitrogen and oxygen atoms in total. The summed E-state index contributed by atoms with van der Waals surface area (Å²) in [5.74, 6) is 1.62. The van der Waals surface area contributed by atoms with Crippen LogP contribution >= 0.6 is 0 Å². The smallest absolute Gasteiger partial charge is 0.231 e. The predicted molar refractivity (Wildman–Crippen MR) is 88.3 cm³/mol. The first-order valence-electron chi connectivity index (χ1n) is 7.68. The van der Waals surface area contributed by atoms with Crippen LogP contribution in [-0.4, -0.2) is 6.79 Å². The van der Waals surface area contributed by atoms with Gasteiger partial charge in [0.2, 0.25) is 6.79 Å². The fraction of sp³-hybridized carbons (Fsp3) is 0.368. The van der Waals surface area contributed by atoms with E-state index in [9.17, 15) is 0 Å². The first-order chi connectivity index (χ1) is 10.4. The molecule has 0 saturated carbocycles. The van der Waals surface area contributed by atoms with Crippen molar-refractivity contribution in [3.8, 4) is 11.5 Å². The highest BCUT2D eigenvalue weighted by Gasteiger charge is 2.16. The molecule has 0 saturated heterocycles. The number of nitrogens with two attached hydrogens (primary N) is 1. The van der Waals surface area contributed by atoms with Gasteiger partial charge in [-0.05, 0) is 40.7 Å². The van der Waals surface area contributed by atoms with Crippen LogP contribution in [0.3, 0.4) is 0 Å². The van der Waals surface area contributed by atoms with Gasteiger partial charge in [-0.1, -0.05) is 51.1 Å². The highest BCUT2D eigenvalue weighted by Crippen LogP contribution is 2.33. The van der Waals surface area contributed by atoms with Gasteiger partial charge in [0.25, 0.3) is 0 Å². The molecule has 1 heterocycles. The molecule has 2 aromatic carbocycles. The molecule has 3 heteroatoms. The summed E-state index contributed by atoms with van der Waals surface area (Å²) in [5, 5.41) is 0. The third kappa shape index (κ3) is 3.09. The molecule has 2 N–H and O–H groups in total. The summed E-state index contributed by atoms with van der Waals surface area (Å²) in [5.41, 5.74) is 10.2. The second-order valence-electron chi connectivity index (χ2n) is 6.87. The van der Waals surface area contributed by atoms with Crippen molar-refractivity contribution >= 4 is 0 Å². The minimum absolute atomic E-state index is 0.0191. The fourth-order valence-corrected chi connectivity index (χ4v) is 2.67. The maximum Gasteiger partial charge on any atom is 0.231 e. The lowest BCUT2D eigenvalue weighted by Gasteiger charge is -2.20. The Bertz CT molecular complexity index is 656. The lowest BCUT2D eigenvalue weighted by molar-refractivity contribution is 0.174. The molecule has 0 spiro atoms. The topological polar surface area (TPSA) is 44.5 Å². The van der Waals surface area contributed by atoms with Gasteiger partial charge < -0.3 is 15.2 Å². The third-order valence-corrected chi connectivity index (χ3v) is 4.10. The Labute approximate surface area is 132 Å². The van der Waals surface area contributed by atoms with Crippen LogP contribution in [0.1, 0.15) is 43.5 Å². The largest absolute Gasteiger partial charge is 0.454 e. The van der Waals surface area contributed by atoms with E-state index in [1.54, 1.807) is 0 Å². The number of rotatable bonds is 3. The number of benzene rings is 2. The molecular weight excluding hydrogens is 274 g/mol. The number of hydrogen-bond donors (Lipinski definition) is 1. The van der Waals surface area contributed by atoms with E-state index in [-0.39, 0.29) is 11.5 Å². The van der Waals surface area contributed by atoms with Gasteiger partial charge >= 0.3 is 0 Å². The number of hydrogen-bond acceptors (Lipinski definition) is 3. The highest BCUT2D eigenvalue weighted by atomic mass is 16.7. The van der Waals surface area contributed by atoms with Crippen molar-refractivity contribution in [1.82, 2.24) is 0 Å². The first-order valence-corrected chi connectivity index (χ1v) is 7.68. The van der Waals surface area contributed by atoms with Gasteiger partial charge in [0.05, 0.1) is 0 Å². The molecule has 0 bridgehead atoms. The molecule has 0 amide bonds. The van der Waals surface area contributed by atoms with Gasteiger partial charge in [-0.15, -0.1) is 0 Å². The lowest BCUT2D eigenvalue weighted by Crippen LogP contribution is -2.15. The van der Waals surface area contributed by atoms with E-state index < -0.39 is 0 Å². The second kappa shape index (κ2) is 5.65. The van der Waals surface area contributed by atoms with E-state index in [0.29, 0.717) is 6.79 Å². The Morgan fingerprint density at radius 3 is 2.36 bits per heavy atom. The predicted octanol–water partition coefficient (Wildman–Crippen LogP) is 3.96. The van der Waals surface area contributed by atoms with Crippen molar-refractivity contribution in [2.45, 2.75) is 38.6 Å². The summed E-state index contributed by atoms with van der Waals surface area (Å²) >= 11 is 0. The van der Waals surface area contributed by atoms with Gasteiger partial charge in [0.1, 0.15) is 0 Å². The molecule has 0 aliphatic carbocycles. The van der Waals surface area contributed by atoms with Crippen molar-refractivity contribution in [2.24, 2.45) is 5.73 Å². The Balaban J connectivity index is 1.73. The molecule has 1 aliphatic heterocycles. The summed E-state index contributed by atoms with van der Waals surface area (Å²) in [6, 6.07) is 14.6. The Kier molecular flexibility index (Phi) is 3.83. The zero-order valence-corrected chi connectivity index (χ0v) is 13.4. The van der Waals surface area contributed by atoms with Crippen LogP contribution in [0, 0.1) is 0 Å². The van der Waals surface area contributed by atoms with Crippen LogP contribution in [0.25, 0.3) is 0 Å². The van der Waals surface area contributed by atoms with Crippen LogP contribution in [0.4, 0.5) is 0 Å². The van der Waals surface area contributed by atoms with E-state index in [2.05, 4.69) is 51.1 Å². The van der Waals surface area contributed by atoms with Crippen molar-refractivity contribution in [3.63, 3.8) is 0 Å². The van der Waals surface area contributed by atoms with E-state index in [1.165, 1.54) is 5.56 Å². The van der Waals surface area contributed by atoms with Crippen LogP contribution in [-0.2, 0) is 11.8 Å². The monoisotopic (exact) mass is 297 g/mol. The standard InChI is InChI=1S/C19H23NO2/c1-19(2,3)15-7-5-14(6-8-15)16(20)10-13-4-9-17-18(11-13)22-12-21-17/h4-9,11,16H,10,12,20H2,1-3H3. The lowest BCUT2D eigenvalue weighted by atomic mass is 9.86. The highest BCUT2D eigenvalue weighted by molar-refractivity contribution is 5.45. The molecule has 1 unspecified atom stereocenters. The molecule has 1 atom stereocenters. The molecular formula is C19H23NO2. The number of fused-ring (bicyclic) bond motifs is 1. The first kappa shape index (κ1) is 14.9. The molecule has 0 radical (unpaired) electrons. The van der Waals surface area contributed by atoms with Gasteiger partial charge in [-0.25, -0.2) is 0 Å². The van der Waals surface area contributed by atoms with Crippen LogP contribution < -0.4 is 15.2 Å². The molecule has 22 heavy (non-hydrogen) atoms. The quantitative estimate of drug-likeness (QED) is 0.932. The van der Waals surface area contributed by atoms with Crippen molar-refractivity contribution in [3.05, 3.63) is 59.2 Å². The van der Waals surface area contributed by atoms with Gasteiger partial charge in [-0.3, -0.25) is 0 Å². The van der Waals surface area contributed by atoms with Crippen molar-refractivity contribution in [1.29, 1.82) is 0 Å². The minimum Gasteiger partial charge on any atom is -0.454 e. The molecule has 3 rings (SSSR count). The summed E-state index contributed by atoms with van der Waals surface area (Å²) in [4.78, 5) is 0. The zero-order valence-electron chi connectivity index (χ0n) is 13.4.